The number of aromatic nitrogens is 3. The van der Waals surface area contributed by atoms with Gasteiger partial charge in [-0.2, -0.15) is 5.10 Å². The SMILES string of the molecule is O=C1N(CCCc2ccccc2)CCCC1(O)CNCc1cnn2cccnc12. The van der Waals surface area contributed by atoms with Crippen LogP contribution in [0.2, 0.25) is 0 Å². The summed E-state index contributed by atoms with van der Waals surface area (Å²) < 4.78 is 1.71. The lowest BCUT2D eigenvalue weighted by atomic mass is 9.91. The van der Waals surface area contributed by atoms with Crippen molar-refractivity contribution < 1.29 is 9.90 Å². The smallest absolute Gasteiger partial charge is 0.255 e. The van der Waals surface area contributed by atoms with Crippen LogP contribution >= 0.6 is 0 Å². The summed E-state index contributed by atoms with van der Waals surface area (Å²) >= 11 is 0. The molecule has 1 unspecified atom stereocenters. The number of fused-ring (bicyclic) bond motifs is 1. The third-order valence-corrected chi connectivity index (χ3v) is 5.53. The van der Waals surface area contributed by atoms with E-state index in [9.17, 15) is 9.90 Å². The van der Waals surface area contributed by atoms with E-state index in [1.165, 1.54) is 5.56 Å². The highest BCUT2D eigenvalue weighted by Crippen LogP contribution is 2.23. The zero-order valence-electron chi connectivity index (χ0n) is 16.5. The molecule has 1 aliphatic rings. The molecule has 0 saturated carbocycles. The Labute approximate surface area is 170 Å². The van der Waals surface area contributed by atoms with Crippen LogP contribution in [0, 0.1) is 0 Å². The molecule has 2 aromatic heterocycles. The van der Waals surface area contributed by atoms with E-state index in [0.717, 1.165) is 30.5 Å². The molecular formula is C22H27N5O2. The van der Waals surface area contributed by atoms with E-state index < -0.39 is 5.60 Å². The van der Waals surface area contributed by atoms with E-state index in [0.29, 0.717) is 26.1 Å². The number of likely N-dealkylation sites (tertiary alicyclic amines) is 1. The average molecular weight is 393 g/mol. The van der Waals surface area contributed by atoms with Crippen molar-refractivity contribution in [1.82, 2.24) is 24.8 Å². The van der Waals surface area contributed by atoms with Crippen molar-refractivity contribution in [3.8, 4) is 0 Å². The summed E-state index contributed by atoms with van der Waals surface area (Å²) in [6.45, 7) is 2.12. The molecular weight excluding hydrogens is 366 g/mol. The number of aliphatic hydroxyl groups is 1. The normalized spacial score (nSPS) is 19.8. The van der Waals surface area contributed by atoms with Gasteiger partial charge in [-0.3, -0.25) is 4.79 Å². The van der Waals surface area contributed by atoms with Gasteiger partial charge in [0.05, 0.1) is 6.20 Å². The maximum atomic E-state index is 12.9. The molecule has 1 aliphatic heterocycles. The number of hydrogen-bond acceptors (Lipinski definition) is 5. The molecule has 0 aliphatic carbocycles. The molecule has 1 amide bonds. The van der Waals surface area contributed by atoms with E-state index >= 15 is 0 Å². The lowest BCUT2D eigenvalue weighted by Gasteiger charge is -2.38. The topological polar surface area (TPSA) is 82.8 Å². The molecule has 3 aromatic rings. The van der Waals surface area contributed by atoms with Crippen molar-refractivity contribution in [2.24, 2.45) is 0 Å². The molecule has 152 valence electrons. The Kier molecular flexibility index (Phi) is 5.87. The Bertz CT molecular complexity index is 958. The van der Waals surface area contributed by atoms with E-state index in [1.807, 2.05) is 35.4 Å². The fourth-order valence-corrected chi connectivity index (χ4v) is 3.97. The predicted molar refractivity (Wildman–Crippen MR) is 110 cm³/mol. The van der Waals surface area contributed by atoms with Crippen LogP contribution in [-0.4, -0.2) is 55.7 Å². The molecule has 7 heteroatoms. The minimum absolute atomic E-state index is 0.165. The molecule has 7 nitrogen and oxygen atoms in total. The third-order valence-electron chi connectivity index (χ3n) is 5.53. The van der Waals surface area contributed by atoms with Gasteiger partial charge in [-0.05, 0) is 37.3 Å². The van der Waals surface area contributed by atoms with Crippen LogP contribution in [0.15, 0.2) is 55.0 Å². The Hall–Kier alpha value is -2.77. The zero-order valence-corrected chi connectivity index (χ0v) is 16.5. The molecule has 1 fully saturated rings. The van der Waals surface area contributed by atoms with Crippen LogP contribution in [0.25, 0.3) is 5.65 Å². The first-order valence-corrected chi connectivity index (χ1v) is 10.2. The second kappa shape index (κ2) is 8.71. The van der Waals surface area contributed by atoms with Crippen LogP contribution in [-0.2, 0) is 17.8 Å². The van der Waals surface area contributed by atoms with Crippen LogP contribution < -0.4 is 5.32 Å². The summed E-state index contributed by atoms with van der Waals surface area (Å²) in [6.07, 6.45) is 8.46. The minimum atomic E-state index is -1.35. The van der Waals surface area contributed by atoms with Gasteiger partial charge in [0.1, 0.15) is 0 Å². The molecule has 3 heterocycles. The van der Waals surface area contributed by atoms with Gasteiger partial charge in [-0.25, -0.2) is 9.50 Å². The first kappa shape index (κ1) is 19.5. The maximum absolute atomic E-state index is 12.9. The van der Waals surface area contributed by atoms with Crippen LogP contribution in [0.1, 0.15) is 30.4 Å². The van der Waals surface area contributed by atoms with Gasteiger partial charge in [-0.15, -0.1) is 0 Å². The van der Waals surface area contributed by atoms with Crippen molar-refractivity contribution in [3.63, 3.8) is 0 Å². The van der Waals surface area contributed by atoms with Gasteiger partial charge in [0.2, 0.25) is 0 Å². The Balaban J connectivity index is 1.30. The standard InChI is InChI=1S/C22H27N5O2/c28-21-22(29,17-23-15-19-16-25-27-14-6-11-24-20(19)27)10-5-13-26(21)12-4-9-18-7-2-1-3-8-18/h1-3,6-8,11,14,16,23,29H,4-5,9-10,12-13,15,17H2. The quantitative estimate of drug-likeness (QED) is 0.610. The average Bonchev–Trinajstić information content (AvgIpc) is 3.15. The van der Waals surface area contributed by atoms with Crippen LogP contribution in [0.4, 0.5) is 0 Å². The summed E-state index contributed by atoms with van der Waals surface area (Å²) in [5.41, 5.74) is 1.65. The molecule has 0 spiro atoms. The van der Waals surface area contributed by atoms with Gasteiger partial charge >= 0.3 is 0 Å². The van der Waals surface area contributed by atoms with Crippen molar-refractivity contribution in [1.29, 1.82) is 0 Å². The molecule has 2 N–H and O–H groups in total. The fraction of sp³-hybridized carbons (Fsp3) is 0.409. The fourth-order valence-electron chi connectivity index (χ4n) is 3.97. The highest BCUT2D eigenvalue weighted by Gasteiger charge is 2.41. The number of piperidine rings is 1. The van der Waals surface area contributed by atoms with Gasteiger partial charge in [0.25, 0.3) is 5.91 Å². The number of hydrogen-bond donors (Lipinski definition) is 2. The Morgan fingerprint density at radius 3 is 2.93 bits per heavy atom. The van der Waals surface area contributed by atoms with Crippen molar-refractivity contribution in [2.75, 3.05) is 19.6 Å². The maximum Gasteiger partial charge on any atom is 0.255 e. The number of nitrogens with one attached hydrogen (secondary N) is 1. The zero-order chi connectivity index (χ0) is 20.1. The molecule has 29 heavy (non-hydrogen) atoms. The largest absolute Gasteiger partial charge is 0.379 e. The summed E-state index contributed by atoms with van der Waals surface area (Å²) in [6, 6.07) is 12.1. The second-order valence-corrected chi connectivity index (χ2v) is 7.68. The minimum Gasteiger partial charge on any atom is -0.379 e. The van der Waals surface area contributed by atoms with Crippen molar-refractivity contribution in [2.45, 2.75) is 37.8 Å². The highest BCUT2D eigenvalue weighted by atomic mass is 16.3. The number of carbonyl (C=O) groups is 1. The summed E-state index contributed by atoms with van der Waals surface area (Å²) in [7, 11) is 0. The lowest BCUT2D eigenvalue weighted by molar-refractivity contribution is -0.156. The van der Waals surface area contributed by atoms with Gasteiger partial charge in [0, 0.05) is 44.1 Å². The number of carbonyl (C=O) groups excluding carboxylic acids is 1. The molecule has 4 rings (SSSR count). The van der Waals surface area contributed by atoms with Crippen LogP contribution in [0.3, 0.4) is 0 Å². The van der Waals surface area contributed by atoms with E-state index in [-0.39, 0.29) is 12.5 Å². The highest BCUT2D eigenvalue weighted by molar-refractivity contribution is 5.86. The molecule has 1 atom stereocenters. The predicted octanol–water partition coefficient (Wildman–Crippen LogP) is 1.81. The summed E-state index contributed by atoms with van der Waals surface area (Å²) in [4.78, 5) is 19.0. The third kappa shape index (κ3) is 4.46. The number of amides is 1. The van der Waals surface area contributed by atoms with Crippen molar-refractivity contribution >= 4 is 11.6 Å². The Morgan fingerprint density at radius 1 is 1.21 bits per heavy atom. The lowest BCUT2D eigenvalue weighted by Crippen LogP contribution is -2.58. The Morgan fingerprint density at radius 2 is 2.07 bits per heavy atom. The van der Waals surface area contributed by atoms with Gasteiger partial charge < -0.3 is 15.3 Å². The van der Waals surface area contributed by atoms with Crippen LogP contribution in [0.5, 0.6) is 0 Å². The van der Waals surface area contributed by atoms with Crippen molar-refractivity contribution in [3.05, 3.63) is 66.1 Å². The summed E-state index contributed by atoms with van der Waals surface area (Å²) in [5.74, 6) is -0.165. The first-order valence-electron chi connectivity index (χ1n) is 10.2. The van der Waals surface area contributed by atoms with Gasteiger partial charge in [0.15, 0.2) is 11.2 Å². The van der Waals surface area contributed by atoms with E-state index in [4.69, 9.17) is 0 Å². The summed E-state index contributed by atoms with van der Waals surface area (Å²) in [5, 5.41) is 18.5. The molecule has 0 radical (unpaired) electrons. The van der Waals surface area contributed by atoms with E-state index in [2.05, 4.69) is 27.5 Å². The van der Waals surface area contributed by atoms with Gasteiger partial charge in [-0.1, -0.05) is 30.3 Å². The molecule has 1 saturated heterocycles. The first-order chi connectivity index (χ1) is 14.2. The number of aryl methyl sites for hydroxylation is 1. The second-order valence-electron chi connectivity index (χ2n) is 7.68. The number of rotatable bonds is 8. The van der Waals surface area contributed by atoms with E-state index in [1.54, 1.807) is 16.9 Å². The number of nitrogens with zero attached hydrogens (tertiary/aromatic N) is 4. The molecule has 1 aromatic carbocycles. The molecule has 0 bridgehead atoms. The monoisotopic (exact) mass is 393 g/mol. The number of benzene rings is 1.